The van der Waals surface area contributed by atoms with Gasteiger partial charge in [0, 0.05) is 0 Å². The molecule has 5 aliphatic carbocycles. The summed E-state index contributed by atoms with van der Waals surface area (Å²) in [5, 5.41) is 0. The molecule has 0 radical (unpaired) electrons. The Morgan fingerprint density at radius 3 is 1.85 bits per heavy atom. The minimum atomic E-state index is -2.27. The molecule has 198 valence electrons. The van der Waals surface area contributed by atoms with Crippen LogP contribution in [0, 0.1) is 6.92 Å². The topological polar surface area (TPSA) is 0 Å². The van der Waals surface area contributed by atoms with Gasteiger partial charge >= 0.3 is 232 Å². The van der Waals surface area contributed by atoms with Gasteiger partial charge in [-0.3, -0.25) is 0 Å². The van der Waals surface area contributed by atoms with Crippen molar-refractivity contribution in [3.63, 3.8) is 0 Å². The van der Waals surface area contributed by atoms with Crippen molar-refractivity contribution < 1.29 is 45.2 Å². The van der Waals surface area contributed by atoms with Crippen LogP contribution in [0.15, 0.2) is 96.2 Å². The predicted octanol–water partition coefficient (Wildman–Crippen LogP) is 3.49. The van der Waals surface area contributed by atoms with E-state index in [1.165, 1.54) is 37.7 Å². The van der Waals surface area contributed by atoms with E-state index >= 15 is 0 Å². The van der Waals surface area contributed by atoms with Gasteiger partial charge in [0.05, 0.1) is 0 Å². The molecule has 39 heavy (non-hydrogen) atoms. The average molecular weight is 647 g/mol. The van der Waals surface area contributed by atoms with Crippen LogP contribution in [0.25, 0.3) is 6.56 Å². The van der Waals surface area contributed by atoms with E-state index in [2.05, 4.69) is 105 Å². The minimum Gasteiger partial charge on any atom is -1.00 e. The zero-order valence-electron chi connectivity index (χ0n) is 23.1. The van der Waals surface area contributed by atoms with Crippen LogP contribution in [0.3, 0.4) is 0 Å². The molecule has 1 fully saturated rings. The van der Waals surface area contributed by atoms with Crippen molar-refractivity contribution in [2.45, 2.75) is 69.9 Å². The molecule has 0 bridgehead atoms. The quantitative estimate of drug-likeness (QED) is 0.449. The maximum absolute atomic E-state index is 2.68. The maximum Gasteiger partial charge on any atom is -1.00 e. The second kappa shape index (κ2) is 11.8. The van der Waals surface area contributed by atoms with Crippen LogP contribution < -0.4 is 24.8 Å². The molecule has 0 N–H and O–H groups in total. The number of fused-ring (bicyclic) bond motifs is 6. The third-order valence-corrected chi connectivity index (χ3v) is 25.7. The molecule has 0 saturated heterocycles. The fraction of sp³-hybridized carbons (Fsp3) is 0.314. The molecular formula is C35H36Cl2SiZr. The number of benzene rings is 2. The molecule has 0 aliphatic heterocycles. The van der Waals surface area contributed by atoms with E-state index in [1.807, 2.05) is 6.56 Å². The molecule has 2 unspecified atom stereocenters. The molecule has 4 heteroatoms. The Balaban J connectivity index is 0.00000154. The summed E-state index contributed by atoms with van der Waals surface area (Å²) in [7, 11) is 0. The normalized spacial score (nSPS) is 21.9. The van der Waals surface area contributed by atoms with Crippen LogP contribution >= 0.6 is 0 Å². The fourth-order valence-corrected chi connectivity index (χ4v) is 24.8. The van der Waals surface area contributed by atoms with Gasteiger partial charge in [-0.2, -0.15) is 0 Å². The number of hydrogen-bond donors (Lipinski definition) is 0. The monoisotopic (exact) mass is 644 g/mol. The van der Waals surface area contributed by atoms with Crippen LogP contribution in [-0.2, 0) is 20.4 Å². The van der Waals surface area contributed by atoms with Crippen molar-refractivity contribution in [2.24, 2.45) is 0 Å². The van der Waals surface area contributed by atoms with E-state index in [1.54, 1.807) is 39.0 Å². The standard InChI is InChI=1S/C19H19.C14H11.C2H6Si.2ClH.Zr/c1-2-6-14(7-3-1)15-10-11-19-17(12-15)13-16-8-4-5-9-18(16)19;1-10-6-7-14-12(8-10)9-11-4-2-3-5-13(11)14;1-3-2;;;/h4-5,8-12,14,18H,1-3,6-7H2;2-8,13H,1H3;1-2H3;2*1H;/q;;;;;+2/p-2. The molecule has 2 aromatic carbocycles. The Morgan fingerprint density at radius 1 is 0.692 bits per heavy atom. The Labute approximate surface area is 254 Å². The first-order valence-corrected chi connectivity index (χ1v) is 22.9. The third kappa shape index (κ3) is 4.88. The molecule has 0 aromatic heterocycles. The molecule has 0 spiro atoms. The second-order valence-corrected chi connectivity index (χ2v) is 28.4. The summed E-state index contributed by atoms with van der Waals surface area (Å²) in [6, 6.07) is 15.0. The summed E-state index contributed by atoms with van der Waals surface area (Å²) in [5.41, 5.74) is 12.1. The van der Waals surface area contributed by atoms with Crippen molar-refractivity contribution >= 4 is 12.0 Å². The molecule has 2 aromatic rings. The molecule has 0 heterocycles. The molecule has 0 amide bonds. The van der Waals surface area contributed by atoms with E-state index in [0.29, 0.717) is 11.8 Å². The van der Waals surface area contributed by atoms with Gasteiger partial charge in [0.1, 0.15) is 0 Å². The number of allylic oxidation sites excluding steroid dienone is 10. The maximum atomic E-state index is 2.68. The minimum absolute atomic E-state index is 0. The number of hydrogen-bond acceptors (Lipinski definition) is 0. The van der Waals surface area contributed by atoms with Crippen molar-refractivity contribution in [2.75, 3.05) is 0 Å². The summed E-state index contributed by atoms with van der Waals surface area (Å²) in [4.78, 5) is 0. The summed E-state index contributed by atoms with van der Waals surface area (Å²) < 4.78 is 3.64. The Kier molecular flexibility index (Phi) is 8.80. The Hall–Kier alpha value is -1.44. The van der Waals surface area contributed by atoms with Gasteiger partial charge < -0.3 is 24.8 Å². The van der Waals surface area contributed by atoms with Gasteiger partial charge in [-0.15, -0.1) is 0 Å². The molecule has 5 aliphatic rings. The fourth-order valence-electron chi connectivity index (χ4n) is 7.51. The first kappa shape index (κ1) is 29.1. The first-order valence-electron chi connectivity index (χ1n) is 14.2. The van der Waals surface area contributed by atoms with Crippen molar-refractivity contribution in [1.82, 2.24) is 0 Å². The van der Waals surface area contributed by atoms with Gasteiger partial charge in [0.15, 0.2) is 0 Å². The summed E-state index contributed by atoms with van der Waals surface area (Å²) in [6.07, 6.45) is 26.0. The summed E-state index contributed by atoms with van der Waals surface area (Å²) >= 11 is -2.27. The first-order chi connectivity index (χ1) is 18.1. The summed E-state index contributed by atoms with van der Waals surface area (Å²) in [6.45, 7) is 7.54. The Bertz CT molecular complexity index is 1540. The SMILES string of the molecule is Cc1ccc2c(c1)[C]([Zr+2]([C]1=C3C=CC=CC3c3ccc(C4CCCCC4)cc31)=[Si](C)C)=C1C=CC=CC12.[Cl-].[Cl-]. The Morgan fingerprint density at radius 2 is 1.26 bits per heavy atom. The number of rotatable bonds is 3. The van der Waals surface area contributed by atoms with Gasteiger partial charge in [0.25, 0.3) is 0 Å². The smallest absolute Gasteiger partial charge is 1.00 e. The molecule has 2 atom stereocenters. The van der Waals surface area contributed by atoms with E-state index in [9.17, 15) is 0 Å². The number of halogens is 2. The van der Waals surface area contributed by atoms with E-state index in [-0.39, 0.29) is 24.8 Å². The van der Waals surface area contributed by atoms with Gasteiger partial charge in [-0.1, -0.05) is 0 Å². The van der Waals surface area contributed by atoms with Gasteiger partial charge in [-0.05, 0) is 0 Å². The summed E-state index contributed by atoms with van der Waals surface area (Å²) in [5.74, 6) is 1.66. The molecule has 1 saturated carbocycles. The zero-order valence-corrected chi connectivity index (χ0v) is 28.1. The van der Waals surface area contributed by atoms with Crippen molar-refractivity contribution in [3.8, 4) is 0 Å². The zero-order chi connectivity index (χ0) is 25.1. The largest absolute Gasteiger partial charge is 1.00 e. The van der Waals surface area contributed by atoms with Crippen LogP contribution in [0.4, 0.5) is 0 Å². The van der Waals surface area contributed by atoms with Gasteiger partial charge in [0.2, 0.25) is 0 Å². The third-order valence-electron chi connectivity index (χ3n) is 9.20. The molecular weight excluding hydrogens is 611 g/mol. The van der Waals surface area contributed by atoms with Crippen LogP contribution in [0.2, 0.25) is 13.1 Å². The van der Waals surface area contributed by atoms with E-state index in [0.717, 1.165) is 5.92 Å². The van der Waals surface area contributed by atoms with E-state index < -0.39 is 25.8 Å². The molecule has 7 rings (SSSR count). The van der Waals surface area contributed by atoms with Crippen LogP contribution in [-0.4, -0.2) is 5.43 Å². The van der Waals surface area contributed by atoms with Crippen molar-refractivity contribution in [3.05, 3.63) is 130 Å². The van der Waals surface area contributed by atoms with Crippen molar-refractivity contribution in [1.29, 1.82) is 0 Å². The van der Waals surface area contributed by atoms with Gasteiger partial charge in [-0.25, -0.2) is 0 Å². The van der Waals surface area contributed by atoms with Crippen LogP contribution in [0.1, 0.15) is 83.2 Å². The molecule has 0 nitrogen and oxygen atoms in total. The number of aryl methyl sites for hydroxylation is 1. The average Bonchev–Trinajstić information content (AvgIpc) is 3.42. The predicted molar refractivity (Wildman–Crippen MR) is 157 cm³/mol. The second-order valence-electron chi connectivity index (χ2n) is 11.8. The van der Waals surface area contributed by atoms with E-state index in [4.69, 9.17) is 0 Å². The van der Waals surface area contributed by atoms with Crippen LogP contribution in [0.5, 0.6) is 0 Å².